The SMILES string of the molecule is NC1(c2ccc3ncsc3c2)N=CC=C(Nc2c(Cl)ccc3c2OCO3)N1. The highest BCUT2D eigenvalue weighted by Gasteiger charge is 2.30. The number of halogens is 1. The van der Waals surface area contributed by atoms with Gasteiger partial charge in [0.1, 0.15) is 11.5 Å². The predicted octanol–water partition coefficient (Wildman–Crippen LogP) is 3.37. The van der Waals surface area contributed by atoms with E-state index in [9.17, 15) is 0 Å². The zero-order chi connectivity index (χ0) is 18.4. The molecule has 0 spiro atoms. The Kier molecular flexibility index (Phi) is 3.71. The van der Waals surface area contributed by atoms with E-state index in [1.165, 1.54) is 0 Å². The zero-order valence-corrected chi connectivity index (χ0v) is 15.5. The minimum atomic E-state index is -1.11. The van der Waals surface area contributed by atoms with E-state index < -0.39 is 5.79 Å². The summed E-state index contributed by atoms with van der Waals surface area (Å²) in [6.45, 7) is 0.161. The second kappa shape index (κ2) is 6.12. The van der Waals surface area contributed by atoms with Crippen LogP contribution in [0.4, 0.5) is 5.69 Å². The lowest BCUT2D eigenvalue weighted by Gasteiger charge is -2.32. The molecule has 1 unspecified atom stereocenters. The Balaban J connectivity index is 1.45. The molecule has 1 aromatic heterocycles. The Labute approximate surface area is 163 Å². The summed E-state index contributed by atoms with van der Waals surface area (Å²) in [6, 6.07) is 9.37. The maximum Gasteiger partial charge on any atom is 0.231 e. The summed E-state index contributed by atoms with van der Waals surface area (Å²) in [4.78, 5) is 8.73. The molecule has 0 amide bonds. The Bertz CT molecular complexity index is 1110. The summed E-state index contributed by atoms with van der Waals surface area (Å²) in [5.74, 6) is 0.739. The first kappa shape index (κ1) is 16.4. The van der Waals surface area contributed by atoms with Crippen LogP contribution in [0.3, 0.4) is 0 Å². The number of fused-ring (bicyclic) bond motifs is 2. The molecule has 9 heteroatoms. The van der Waals surface area contributed by atoms with Crippen molar-refractivity contribution in [3.05, 3.63) is 58.3 Å². The van der Waals surface area contributed by atoms with Crippen LogP contribution in [0.15, 0.2) is 52.7 Å². The lowest BCUT2D eigenvalue weighted by molar-refractivity contribution is 0.174. The number of rotatable bonds is 3. The standard InChI is InChI=1S/C18H14ClN5O2S/c19-11-2-4-13-17(26-9-25-13)16(11)23-15-5-6-22-18(20,24-15)10-1-3-12-14(7-10)27-8-21-12/h1-8,23-24H,9,20H2. The molecule has 1 atom stereocenters. The predicted molar refractivity (Wildman–Crippen MR) is 106 cm³/mol. The topological polar surface area (TPSA) is 93.8 Å². The summed E-state index contributed by atoms with van der Waals surface area (Å²) in [7, 11) is 0. The lowest BCUT2D eigenvalue weighted by Crippen LogP contribution is -2.51. The summed E-state index contributed by atoms with van der Waals surface area (Å²) < 4.78 is 12.0. The van der Waals surface area contributed by atoms with Gasteiger partial charge < -0.3 is 20.1 Å². The van der Waals surface area contributed by atoms with E-state index in [2.05, 4.69) is 20.6 Å². The number of aromatic nitrogens is 1. The van der Waals surface area contributed by atoms with Crippen molar-refractivity contribution in [1.29, 1.82) is 0 Å². The maximum atomic E-state index is 6.54. The molecule has 0 radical (unpaired) electrons. The maximum absolute atomic E-state index is 6.54. The van der Waals surface area contributed by atoms with Gasteiger partial charge in [-0.05, 0) is 30.3 Å². The first-order chi connectivity index (χ1) is 13.1. The molecule has 2 aromatic carbocycles. The zero-order valence-electron chi connectivity index (χ0n) is 13.9. The van der Waals surface area contributed by atoms with Crippen LogP contribution in [0, 0.1) is 0 Å². The van der Waals surface area contributed by atoms with Gasteiger partial charge in [0.25, 0.3) is 0 Å². The Morgan fingerprint density at radius 2 is 2.19 bits per heavy atom. The summed E-state index contributed by atoms with van der Waals surface area (Å²) >= 11 is 7.90. The summed E-state index contributed by atoms with van der Waals surface area (Å²) in [5.41, 5.74) is 10.7. The van der Waals surface area contributed by atoms with Gasteiger partial charge in [-0.25, -0.2) is 9.98 Å². The van der Waals surface area contributed by atoms with Gasteiger partial charge in [0.05, 0.1) is 20.7 Å². The van der Waals surface area contributed by atoms with Gasteiger partial charge in [0.15, 0.2) is 11.5 Å². The molecule has 0 bridgehead atoms. The van der Waals surface area contributed by atoms with Gasteiger partial charge in [0.2, 0.25) is 12.6 Å². The van der Waals surface area contributed by atoms with E-state index in [-0.39, 0.29) is 6.79 Å². The Morgan fingerprint density at radius 3 is 3.11 bits per heavy atom. The highest BCUT2D eigenvalue weighted by molar-refractivity contribution is 7.16. The van der Waals surface area contributed by atoms with Crippen molar-refractivity contribution >= 4 is 45.1 Å². The second-order valence-corrected chi connectivity index (χ2v) is 7.36. The fourth-order valence-electron chi connectivity index (χ4n) is 3.02. The fourth-order valence-corrected chi connectivity index (χ4v) is 3.93. The van der Waals surface area contributed by atoms with Gasteiger partial charge in [-0.3, -0.25) is 5.73 Å². The van der Waals surface area contributed by atoms with E-state index in [1.54, 1.807) is 35.8 Å². The van der Waals surface area contributed by atoms with Gasteiger partial charge >= 0.3 is 0 Å². The number of ether oxygens (including phenoxy) is 2. The Hall–Kier alpha value is -2.81. The van der Waals surface area contributed by atoms with Crippen molar-refractivity contribution < 1.29 is 9.47 Å². The van der Waals surface area contributed by atoms with Crippen molar-refractivity contribution in [3.63, 3.8) is 0 Å². The van der Waals surface area contributed by atoms with E-state index in [4.69, 9.17) is 26.8 Å². The van der Waals surface area contributed by atoms with Crippen molar-refractivity contribution in [2.45, 2.75) is 5.79 Å². The van der Waals surface area contributed by atoms with Crippen molar-refractivity contribution in [2.75, 3.05) is 12.1 Å². The number of hydrogen-bond acceptors (Lipinski definition) is 8. The third kappa shape index (κ3) is 2.78. The summed E-state index contributed by atoms with van der Waals surface area (Å²) in [6.07, 6.45) is 3.44. The lowest BCUT2D eigenvalue weighted by atomic mass is 10.1. The number of nitrogens with zero attached hydrogens (tertiary/aromatic N) is 2. The van der Waals surface area contributed by atoms with Gasteiger partial charge in [-0.1, -0.05) is 17.7 Å². The average Bonchev–Trinajstić information content (AvgIpc) is 3.32. The average molecular weight is 400 g/mol. The van der Waals surface area contributed by atoms with Gasteiger partial charge in [0, 0.05) is 11.8 Å². The van der Waals surface area contributed by atoms with Crippen molar-refractivity contribution in [3.8, 4) is 11.5 Å². The third-order valence-corrected chi connectivity index (χ3v) is 5.47. The number of allylic oxidation sites excluding steroid dienone is 1. The number of aliphatic imine (C=N–C) groups is 1. The largest absolute Gasteiger partial charge is 0.454 e. The van der Waals surface area contributed by atoms with Crippen LogP contribution in [-0.4, -0.2) is 18.0 Å². The second-order valence-electron chi connectivity index (χ2n) is 6.07. The van der Waals surface area contributed by atoms with Gasteiger partial charge in [-0.15, -0.1) is 11.3 Å². The number of nitrogens with two attached hydrogens (primary N) is 1. The molecule has 3 heterocycles. The molecule has 3 aromatic rings. The van der Waals surface area contributed by atoms with Crippen LogP contribution in [0.2, 0.25) is 5.02 Å². The van der Waals surface area contributed by atoms with E-state index in [0.29, 0.717) is 28.0 Å². The van der Waals surface area contributed by atoms with E-state index >= 15 is 0 Å². The molecule has 5 rings (SSSR count). The highest BCUT2D eigenvalue weighted by Crippen LogP contribution is 2.44. The molecule has 0 saturated carbocycles. The molecule has 136 valence electrons. The number of benzene rings is 2. The van der Waals surface area contributed by atoms with Gasteiger partial charge in [-0.2, -0.15) is 0 Å². The third-order valence-electron chi connectivity index (χ3n) is 4.36. The number of thiazole rings is 1. The quantitative estimate of drug-likeness (QED) is 0.625. The summed E-state index contributed by atoms with van der Waals surface area (Å²) in [5, 5.41) is 6.98. The van der Waals surface area contributed by atoms with E-state index in [1.807, 2.05) is 23.7 Å². The van der Waals surface area contributed by atoms with Crippen LogP contribution in [0.5, 0.6) is 11.5 Å². The van der Waals surface area contributed by atoms with Crippen molar-refractivity contribution in [1.82, 2.24) is 10.3 Å². The molecular weight excluding hydrogens is 386 g/mol. The molecule has 0 aliphatic carbocycles. The first-order valence-electron chi connectivity index (χ1n) is 8.14. The van der Waals surface area contributed by atoms with Crippen molar-refractivity contribution in [2.24, 2.45) is 10.7 Å². The molecule has 2 aliphatic rings. The monoisotopic (exact) mass is 399 g/mol. The molecule has 7 nitrogen and oxygen atoms in total. The van der Waals surface area contributed by atoms with Crippen LogP contribution in [0.25, 0.3) is 10.2 Å². The molecular formula is C18H14ClN5O2S. The van der Waals surface area contributed by atoms with Crippen LogP contribution in [0.1, 0.15) is 5.56 Å². The van der Waals surface area contributed by atoms with E-state index in [0.717, 1.165) is 15.8 Å². The number of anilines is 1. The number of hydrogen-bond donors (Lipinski definition) is 3. The number of nitrogens with one attached hydrogen (secondary N) is 2. The van der Waals surface area contributed by atoms with Crippen LogP contribution >= 0.6 is 22.9 Å². The highest BCUT2D eigenvalue weighted by atomic mass is 35.5. The Morgan fingerprint density at radius 1 is 1.26 bits per heavy atom. The normalized spacial score (nSPS) is 20.4. The molecule has 4 N–H and O–H groups in total. The molecule has 2 aliphatic heterocycles. The minimum absolute atomic E-state index is 0.161. The van der Waals surface area contributed by atoms with Crippen LogP contribution < -0.4 is 25.8 Å². The van der Waals surface area contributed by atoms with Crippen LogP contribution in [-0.2, 0) is 5.79 Å². The smallest absolute Gasteiger partial charge is 0.231 e. The molecule has 0 saturated heterocycles. The molecule has 0 fully saturated rings. The fraction of sp³-hybridized carbons (Fsp3) is 0.111. The molecule has 27 heavy (non-hydrogen) atoms. The minimum Gasteiger partial charge on any atom is -0.454 e. The first-order valence-corrected chi connectivity index (χ1v) is 9.40.